The third-order valence-electron chi connectivity index (χ3n) is 3.34. The molecule has 1 fully saturated rings. The number of anilines is 2. The molecule has 1 unspecified atom stereocenters. The Balaban J connectivity index is 2.22. The zero-order valence-electron chi connectivity index (χ0n) is 11.8. The van der Waals surface area contributed by atoms with Gasteiger partial charge in [-0.1, -0.05) is 0 Å². The highest BCUT2D eigenvalue weighted by molar-refractivity contribution is 7.89. The second-order valence-electron chi connectivity index (χ2n) is 5.27. The van der Waals surface area contributed by atoms with E-state index < -0.39 is 10.0 Å². The van der Waals surface area contributed by atoms with Crippen LogP contribution in [0, 0.1) is 0 Å². The van der Waals surface area contributed by atoms with Gasteiger partial charge in [-0.15, -0.1) is 0 Å². The molecule has 1 saturated heterocycles. The van der Waals surface area contributed by atoms with Gasteiger partial charge in [-0.05, 0) is 31.3 Å². The van der Waals surface area contributed by atoms with E-state index in [4.69, 9.17) is 10.5 Å². The fourth-order valence-electron chi connectivity index (χ4n) is 2.08. The maximum absolute atomic E-state index is 12.3. The van der Waals surface area contributed by atoms with Crippen molar-refractivity contribution in [3.63, 3.8) is 0 Å². The first kappa shape index (κ1) is 15.5. The molecule has 1 aromatic rings. The van der Waals surface area contributed by atoms with Gasteiger partial charge in [-0.25, -0.2) is 12.7 Å². The van der Waals surface area contributed by atoms with Crippen LogP contribution >= 0.6 is 11.5 Å². The highest BCUT2D eigenvalue weighted by Crippen LogP contribution is 2.34. The first-order valence-electron chi connectivity index (χ1n) is 6.32. The number of aromatic nitrogens is 1. The van der Waals surface area contributed by atoms with Gasteiger partial charge in [0.25, 0.3) is 0 Å². The number of nitrogens with two attached hydrogens (primary N) is 1. The predicted octanol–water partition coefficient (Wildman–Crippen LogP) is 0.957. The lowest BCUT2D eigenvalue weighted by atomic mass is 10.0. The van der Waals surface area contributed by atoms with Crippen molar-refractivity contribution in [1.82, 2.24) is 8.68 Å². The van der Waals surface area contributed by atoms with E-state index in [2.05, 4.69) is 9.69 Å². The zero-order chi connectivity index (χ0) is 15.0. The van der Waals surface area contributed by atoms with E-state index in [-0.39, 0.29) is 16.3 Å². The molecule has 20 heavy (non-hydrogen) atoms. The highest BCUT2D eigenvalue weighted by Gasteiger charge is 2.32. The lowest BCUT2D eigenvalue weighted by Gasteiger charge is -2.24. The average molecular weight is 320 g/mol. The molecule has 0 spiro atoms. The minimum absolute atomic E-state index is 0.0312. The lowest BCUT2D eigenvalue weighted by Crippen LogP contribution is -2.33. The van der Waals surface area contributed by atoms with Crippen LogP contribution in [-0.2, 0) is 14.8 Å². The molecular formula is C11H20N4O3S2. The van der Waals surface area contributed by atoms with Gasteiger partial charge in [0.2, 0.25) is 10.0 Å². The maximum atomic E-state index is 12.3. The number of rotatable bonds is 5. The molecule has 2 heterocycles. The number of nitrogens with zero attached hydrogens (tertiary/aromatic N) is 2. The molecule has 1 aliphatic rings. The Morgan fingerprint density at radius 3 is 2.80 bits per heavy atom. The van der Waals surface area contributed by atoms with Crippen molar-refractivity contribution in [3.8, 4) is 0 Å². The molecule has 0 aromatic carbocycles. The Morgan fingerprint density at radius 1 is 1.55 bits per heavy atom. The second-order valence-corrected chi connectivity index (χ2v) is 8.13. The van der Waals surface area contributed by atoms with Crippen LogP contribution in [0.25, 0.3) is 0 Å². The van der Waals surface area contributed by atoms with E-state index in [1.807, 2.05) is 6.92 Å². The number of nitrogen functional groups attached to an aromatic ring is 1. The van der Waals surface area contributed by atoms with E-state index in [1.54, 1.807) is 0 Å². The van der Waals surface area contributed by atoms with Crippen molar-refractivity contribution in [1.29, 1.82) is 0 Å². The fourth-order valence-corrected chi connectivity index (χ4v) is 4.15. The van der Waals surface area contributed by atoms with Crippen molar-refractivity contribution in [2.45, 2.75) is 30.3 Å². The van der Waals surface area contributed by atoms with Crippen LogP contribution in [0.1, 0.15) is 19.8 Å². The normalized spacial score (nSPS) is 23.4. The van der Waals surface area contributed by atoms with E-state index in [9.17, 15) is 8.42 Å². The Hall–Kier alpha value is -0.900. The summed E-state index contributed by atoms with van der Waals surface area (Å²) in [5.41, 5.74) is 5.44. The molecule has 1 aliphatic heterocycles. The monoisotopic (exact) mass is 320 g/mol. The molecule has 114 valence electrons. The quantitative estimate of drug-likeness (QED) is 0.838. The molecule has 9 heteroatoms. The first-order valence-corrected chi connectivity index (χ1v) is 8.53. The zero-order valence-corrected chi connectivity index (χ0v) is 13.5. The van der Waals surface area contributed by atoms with Crippen LogP contribution in [0.2, 0.25) is 0 Å². The van der Waals surface area contributed by atoms with Crippen molar-refractivity contribution in [2.24, 2.45) is 0 Å². The lowest BCUT2D eigenvalue weighted by molar-refractivity contribution is 0.0315. The Labute approximate surface area is 123 Å². The highest BCUT2D eigenvalue weighted by atomic mass is 32.2. The first-order chi connectivity index (χ1) is 9.26. The molecule has 0 amide bonds. The van der Waals surface area contributed by atoms with Crippen LogP contribution in [-0.4, -0.2) is 49.9 Å². The van der Waals surface area contributed by atoms with Crippen LogP contribution in [0.4, 0.5) is 10.8 Å². The summed E-state index contributed by atoms with van der Waals surface area (Å²) in [4.78, 5) is 0.0501. The summed E-state index contributed by atoms with van der Waals surface area (Å²) in [6.45, 7) is 3.29. The average Bonchev–Trinajstić information content (AvgIpc) is 2.94. The maximum Gasteiger partial charge on any atom is 0.249 e. The molecule has 2 rings (SSSR count). The number of sulfonamides is 1. The van der Waals surface area contributed by atoms with Gasteiger partial charge in [0.05, 0.1) is 5.60 Å². The van der Waals surface area contributed by atoms with E-state index in [0.29, 0.717) is 11.5 Å². The number of nitrogens with one attached hydrogen (secondary N) is 1. The third-order valence-corrected chi connectivity index (χ3v) is 6.18. The number of hydrogen-bond donors (Lipinski definition) is 2. The third kappa shape index (κ3) is 2.90. The summed E-state index contributed by atoms with van der Waals surface area (Å²) in [5.74, 6) is 0.0312. The van der Waals surface area contributed by atoms with E-state index >= 15 is 0 Å². The standard InChI is InChI=1S/C11H20N4O3S2/c1-11(5-4-6-18-11)7-13-10-8(9(12)14-19-10)20(16,17)15(2)3/h13H,4-7H2,1-3H3,(H2,12,14). The van der Waals surface area contributed by atoms with Gasteiger partial charge in [0.1, 0.15) is 5.00 Å². The van der Waals surface area contributed by atoms with Crippen LogP contribution in [0.15, 0.2) is 4.90 Å². The topological polar surface area (TPSA) is 97.6 Å². The number of ether oxygens (including phenoxy) is 1. The summed E-state index contributed by atoms with van der Waals surface area (Å²) in [6.07, 6.45) is 1.97. The van der Waals surface area contributed by atoms with Crippen LogP contribution < -0.4 is 11.1 Å². The smallest absolute Gasteiger partial charge is 0.249 e. The number of hydrogen-bond acceptors (Lipinski definition) is 7. The van der Waals surface area contributed by atoms with Gasteiger partial charge in [-0.2, -0.15) is 4.37 Å². The van der Waals surface area contributed by atoms with E-state index in [1.165, 1.54) is 14.1 Å². The molecule has 0 radical (unpaired) electrons. The van der Waals surface area contributed by atoms with Crippen molar-refractivity contribution >= 4 is 32.4 Å². The molecule has 1 aromatic heterocycles. The Kier molecular flexibility index (Phi) is 4.24. The SMILES string of the molecule is CN(C)S(=O)(=O)c1c(N)nsc1NCC1(C)CCCO1. The summed E-state index contributed by atoms with van der Waals surface area (Å²) in [6, 6.07) is 0. The minimum atomic E-state index is -3.61. The van der Waals surface area contributed by atoms with Crippen molar-refractivity contribution in [3.05, 3.63) is 0 Å². The molecule has 1 atom stereocenters. The second kappa shape index (κ2) is 5.47. The summed E-state index contributed by atoms with van der Waals surface area (Å²) >= 11 is 1.06. The Morgan fingerprint density at radius 2 is 2.25 bits per heavy atom. The summed E-state index contributed by atoms with van der Waals surface area (Å²) < 4.78 is 35.3. The predicted molar refractivity (Wildman–Crippen MR) is 79.5 cm³/mol. The molecule has 0 saturated carbocycles. The molecule has 3 N–H and O–H groups in total. The van der Waals surface area contributed by atoms with Gasteiger partial charge in [0, 0.05) is 27.2 Å². The van der Waals surface area contributed by atoms with Gasteiger partial charge in [-0.3, -0.25) is 0 Å². The fraction of sp³-hybridized carbons (Fsp3) is 0.727. The Bertz CT molecular complexity index is 576. The molecule has 7 nitrogen and oxygen atoms in total. The van der Waals surface area contributed by atoms with E-state index in [0.717, 1.165) is 35.3 Å². The van der Waals surface area contributed by atoms with Crippen LogP contribution in [0.3, 0.4) is 0 Å². The summed E-state index contributed by atoms with van der Waals surface area (Å²) in [7, 11) is -0.668. The van der Waals surface area contributed by atoms with Crippen molar-refractivity contribution in [2.75, 3.05) is 38.3 Å². The van der Waals surface area contributed by atoms with Gasteiger partial charge in [0.15, 0.2) is 10.7 Å². The molecule has 0 aliphatic carbocycles. The van der Waals surface area contributed by atoms with Gasteiger partial charge >= 0.3 is 0 Å². The van der Waals surface area contributed by atoms with Crippen LogP contribution in [0.5, 0.6) is 0 Å². The molecule has 0 bridgehead atoms. The molecular weight excluding hydrogens is 300 g/mol. The van der Waals surface area contributed by atoms with Crippen molar-refractivity contribution < 1.29 is 13.2 Å². The van der Waals surface area contributed by atoms with Gasteiger partial charge < -0.3 is 15.8 Å². The largest absolute Gasteiger partial charge is 0.382 e. The summed E-state index contributed by atoms with van der Waals surface area (Å²) in [5, 5.41) is 3.59. The minimum Gasteiger partial charge on any atom is -0.382 e.